The number of carbonyl (C=O) groups excluding carboxylic acids is 1. The van der Waals surface area contributed by atoms with Crippen LogP contribution >= 0.6 is 0 Å². The van der Waals surface area contributed by atoms with Crippen molar-refractivity contribution in [1.82, 2.24) is 4.90 Å². The number of carbonyl (C=O) groups is 2. The normalized spacial score (nSPS) is 20.7. The van der Waals surface area contributed by atoms with Crippen LogP contribution in [0.2, 0.25) is 0 Å². The molecule has 0 spiro atoms. The molecule has 0 aromatic heterocycles. The van der Waals surface area contributed by atoms with Crippen LogP contribution in [0, 0.1) is 5.92 Å². The number of nitrogens with two attached hydrogens (primary N) is 1. The Morgan fingerprint density at radius 1 is 1.38 bits per heavy atom. The van der Waals surface area contributed by atoms with E-state index >= 15 is 0 Å². The van der Waals surface area contributed by atoms with Crippen molar-refractivity contribution in [2.45, 2.75) is 25.8 Å². The molecule has 0 aliphatic carbocycles. The van der Waals surface area contributed by atoms with E-state index in [2.05, 4.69) is 5.32 Å². The Balaban J connectivity index is 1.95. The van der Waals surface area contributed by atoms with Crippen molar-refractivity contribution in [3.05, 3.63) is 24.3 Å². The number of likely N-dealkylation sites (tertiary alicyclic amines) is 1. The average Bonchev–Trinajstić information content (AvgIpc) is 2.49. The van der Waals surface area contributed by atoms with Gasteiger partial charge in [0.2, 0.25) is 5.91 Å². The van der Waals surface area contributed by atoms with Crippen LogP contribution in [0.3, 0.4) is 0 Å². The molecule has 6 heteroatoms. The van der Waals surface area contributed by atoms with Crippen molar-refractivity contribution in [2.75, 3.05) is 24.1 Å². The molecule has 1 aromatic carbocycles. The quantitative estimate of drug-likeness (QED) is 0.729. The Hall–Kier alpha value is -2.08. The molecule has 0 radical (unpaired) electrons. The van der Waals surface area contributed by atoms with E-state index in [1.165, 1.54) is 0 Å². The topological polar surface area (TPSA) is 95.7 Å². The summed E-state index contributed by atoms with van der Waals surface area (Å²) < 4.78 is 0. The predicted molar refractivity (Wildman–Crippen MR) is 80.9 cm³/mol. The van der Waals surface area contributed by atoms with Gasteiger partial charge in [-0.05, 0) is 50.6 Å². The highest BCUT2D eigenvalue weighted by atomic mass is 16.4. The number of aliphatic carboxylic acids is 1. The van der Waals surface area contributed by atoms with E-state index in [-0.39, 0.29) is 17.9 Å². The maximum atomic E-state index is 12.2. The molecule has 0 bridgehead atoms. The van der Waals surface area contributed by atoms with E-state index in [9.17, 15) is 9.59 Å². The number of hydrogen-bond acceptors (Lipinski definition) is 4. The molecule has 0 saturated carbocycles. The molecule has 1 aliphatic rings. The number of carboxylic acid groups (broad SMARTS) is 1. The Bertz CT molecular complexity index is 515. The van der Waals surface area contributed by atoms with Gasteiger partial charge in [0.15, 0.2) is 0 Å². The van der Waals surface area contributed by atoms with Crippen molar-refractivity contribution >= 4 is 23.3 Å². The first kappa shape index (κ1) is 15.3. The molecule has 2 unspecified atom stereocenters. The number of benzene rings is 1. The van der Waals surface area contributed by atoms with E-state index in [0.29, 0.717) is 24.3 Å². The molecule has 1 aromatic rings. The van der Waals surface area contributed by atoms with Gasteiger partial charge in [0.05, 0.1) is 12.0 Å². The van der Waals surface area contributed by atoms with Crippen molar-refractivity contribution in [1.29, 1.82) is 0 Å². The first-order valence-corrected chi connectivity index (χ1v) is 7.10. The molecule has 1 fully saturated rings. The number of anilines is 2. The molecule has 2 atom stereocenters. The summed E-state index contributed by atoms with van der Waals surface area (Å²) in [6, 6.07) is 6.58. The molecule has 114 valence electrons. The molecule has 6 nitrogen and oxygen atoms in total. The second-order valence-corrected chi connectivity index (χ2v) is 5.46. The fraction of sp³-hybridized carbons (Fsp3) is 0.467. The third-order valence-electron chi connectivity index (χ3n) is 3.91. The zero-order valence-electron chi connectivity index (χ0n) is 12.1. The third-order valence-corrected chi connectivity index (χ3v) is 3.91. The number of carboxylic acids is 1. The lowest BCUT2D eigenvalue weighted by atomic mass is 9.97. The summed E-state index contributed by atoms with van der Waals surface area (Å²) in [4.78, 5) is 25.2. The number of hydrogen-bond donors (Lipinski definition) is 3. The predicted octanol–water partition coefficient (Wildman–Crippen LogP) is 1.39. The summed E-state index contributed by atoms with van der Waals surface area (Å²) in [5.41, 5.74) is 6.93. The molecular formula is C15H21N3O3. The minimum absolute atomic E-state index is 0.134. The number of nitrogen functional groups attached to an aromatic ring is 1. The lowest BCUT2D eigenvalue weighted by molar-refractivity contribution is -0.144. The van der Waals surface area contributed by atoms with Crippen LogP contribution in [-0.4, -0.2) is 41.0 Å². The lowest BCUT2D eigenvalue weighted by Crippen LogP contribution is -2.48. The first-order valence-electron chi connectivity index (χ1n) is 7.10. The number of amides is 1. The largest absolute Gasteiger partial charge is 0.481 e. The van der Waals surface area contributed by atoms with Gasteiger partial charge >= 0.3 is 5.97 Å². The summed E-state index contributed by atoms with van der Waals surface area (Å²) in [5.74, 6) is -1.30. The zero-order valence-corrected chi connectivity index (χ0v) is 12.1. The molecule has 1 aliphatic heterocycles. The van der Waals surface area contributed by atoms with Gasteiger partial charge in [0, 0.05) is 17.9 Å². The number of rotatable bonds is 4. The van der Waals surface area contributed by atoms with Crippen LogP contribution in [0.4, 0.5) is 11.4 Å². The molecule has 1 amide bonds. The molecule has 1 heterocycles. The van der Waals surface area contributed by atoms with E-state index in [1.807, 2.05) is 4.90 Å². The Labute approximate surface area is 123 Å². The maximum Gasteiger partial charge on any atom is 0.307 e. The SMILES string of the molecule is CC(C(=O)Nc1ccc(N)cc1)N1CCCC(C(=O)O)C1. The highest BCUT2D eigenvalue weighted by molar-refractivity contribution is 5.94. The van der Waals surface area contributed by atoms with Gasteiger partial charge in [-0.1, -0.05) is 0 Å². The van der Waals surface area contributed by atoms with Gasteiger partial charge in [0.1, 0.15) is 0 Å². The van der Waals surface area contributed by atoms with Crippen LogP contribution in [0.1, 0.15) is 19.8 Å². The second kappa shape index (κ2) is 6.58. The van der Waals surface area contributed by atoms with Crippen LogP contribution < -0.4 is 11.1 Å². The van der Waals surface area contributed by atoms with E-state index in [1.54, 1.807) is 31.2 Å². The minimum Gasteiger partial charge on any atom is -0.481 e. The molecule has 1 saturated heterocycles. The maximum absolute atomic E-state index is 12.2. The van der Waals surface area contributed by atoms with E-state index in [0.717, 1.165) is 13.0 Å². The smallest absolute Gasteiger partial charge is 0.307 e. The lowest BCUT2D eigenvalue weighted by Gasteiger charge is -2.34. The van der Waals surface area contributed by atoms with Gasteiger partial charge in [-0.2, -0.15) is 0 Å². The van der Waals surface area contributed by atoms with Gasteiger partial charge < -0.3 is 16.2 Å². The minimum atomic E-state index is -0.786. The van der Waals surface area contributed by atoms with Crippen LogP contribution in [0.15, 0.2) is 24.3 Å². The van der Waals surface area contributed by atoms with Crippen LogP contribution in [-0.2, 0) is 9.59 Å². The van der Waals surface area contributed by atoms with E-state index in [4.69, 9.17) is 10.8 Å². The highest BCUT2D eigenvalue weighted by Gasteiger charge is 2.30. The van der Waals surface area contributed by atoms with Gasteiger partial charge in [0.25, 0.3) is 0 Å². The molecule has 21 heavy (non-hydrogen) atoms. The van der Waals surface area contributed by atoms with Gasteiger partial charge in [-0.15, -0.1) is 0 Å². The first-order chi connectivity index (χ1) is 9.97. The fourth-order valence-electron chi connectivity index (χ4n) is 2.54. The summed E-state index contributed by atoms with van der Waals surface area (Å²) in [6.45, 7) is 2.97. The summed E-state index contributed by atoms with van der Waals surface area (Å²) >= 11 is 0. The number of nitrogens with zero attached hydrogens (tertiary/aromatic N) is 1. The zero-order chi connectivity index (χ0) is 15.4. The summed E-state index contributed by atoms with van der Waals surface area (Å²) in [5, 5.41) is 11.9. The van der Waals surface area contributed by atoms with Crippen molar-refractivity contribution in [3.8, 4) is 0 Å². The monoisotopic (exact) mass is 291 g/mol. The van der Waals surface area contributed by atoms with Crippen LogP contribution in [0.5, 0.6) is 0 Å². The Kier molecular flexibility index (Phi) is 4.80. The van der Waals surface area contributed by atoms with Gasteiger partial charge in [-0.3, -0.25) is 14.5 Å². The standard InChI is InChI=1S/C15H21N3O3/c1-10(18-8-2-3-11(9-18)15(20)21)14(19)17-13-6-4-12(16)5-7-13/h4-7,10-11H,2-3,8-9,16H2,1H3,(H,17,19)(H,20,21). The summed E-state index contributed by atoms with van der Waals surface area (Å²) in [7, 11) is 0. The average molecular weight is 291 g/mol. The van der Waals surface area contributed by atoms with Crippen molar-refractivity contribution < 1.29 is 14.7 Å². The van der Waals surface area contributed by atoms with E-state index < -0.39 is 5.97 Å². The number of nitrogens with one attached hydrogen (secondary N) is 1. The number of piperidine rings is 1. The van der Waals surface area contributed by atoms with Crippen molar-refractivity contribution in [2.24, 2.45) is 5.92 Å². The van der Waals surface area contributed by atoms with Crippen LogP contribution in [0.25, 0.3) is 0 Å². The second-order valence-electron chi connectivity index (χ2n) is 5.46. The summed E-state index contributed by atoms with van der Waals surface area (Å²) in [6.07, 6.45) is 1.48. The molecule has 4 N–H and O–H groups in total. The Morgan fingerprint density at radius 3 is 2.67 bits per heavy atom. The Morgan fingerprint density at radius 2 is 2.05 bits per heavy atom. The molecular weight excluding hydrogens is 270 g/mol. The molecule has 2 rings (SSSR count). The van der Waals surface area contributed by atoms with Gasteiger partial charge in [-0.25, -0.2) is 0 Å². The third kappa shape index (κ3) is 3.95. The highest BCUT2D eigenvalue weighted by Crippen LogP contribution is 2.19. The van der Waals surface area contributed by atoms with Crippen molar-refractivity contribution in [3.63, 3.8) is 0 Å². The fourth-order valence-corrected chi connectivity index (χ4v) is 2.54.